The minimum atomic E-state index is -0.512. The summed E-state index contributed by atoms with van der Waals surface area (Å²) in [5.41, 5.74) is 5.87. The Morgan fingerprint density at radius 3 is 2.77 bits per heavy atom. The van der Waals surface area contributed by atoms with Crippen LogP contribution < -0.4 is 5.32 Å². The number of hydrogen-bond donors (Lipinski definition) is 1. The summed E-state index contributed by atoms with van der Waals surface area (Å²) in [6.45, 7) is 3.17. The quantitative estimate of drug-likeness (QED) is 0.437. The van der Waals surface area contributed by atoms with E-state index in [1.54, 1.807) is 12.5 Å². The number of allylic oxidation sites excluding steroid dienone is 1. The highest BCUT2D eigenvalue weighted by Gasteiger charge is 2.35. The molecule has 2 aromatic heterocycles. The molecule has 10 heteroatoms. The number of aromatic nitrogens is 3. The Hall–Kier alpha value is -3.69. The number of aryl methyl sites for hydroxylation is 1. The van der Waals surface area contributed by atoms with Gasteiger partial charge in [-0.1, -0.05) is 29.8 Å². The average molecular weight is 561 g/mol. The first kappa shape index (κ1) is 26.5. The van der Waals surface area contributed by atoms with Crippen LogP contribution in [-0.2, 0) is 23.0 Å². The van der Waals surface area contributed by atoms with Crippen LogP contribution in [-0.4, -0.2) is 69.6 Å². The third-order valence-electron chi connectivity index (χ3n) is 8.08. The van der Waals surface area contributed by atoms with Crippen molar-refractivity contribution in [2.75, 3.05) is 32.8 Å². The molecule has 1 aliphatic heterocycles. The number of hydrogen-bond acceptors (Lipinski definition) is 6. The van der Waals surface area contributed by atoms with Gasteiger partial charge in [-0.2, -0.15) is 0 Å². The van der Waals surface area contributed by atoms with Gasteiger partial charge in [0.2, 0.25) is 6.41 Å². The summed E-state index contributed by atoms with van der Waals surface area (Å²) in [4.78, 5) is 37.9. The number of fused-ring (bicyclic) bond motifs is 2. The highest BCUT2D eigenvalue weighted by molar-refractivity contribution is 6.30. The van der Waals surface area contributed by atoms with E-state index in [1.165, 1.54) is 0 Å². The molecule has 0 bridgehead atoms. The van der Waals surface area contributed by atoms with Crippen molar-refractivity contribution in [3.63, 3.8) is 0 Å². The molecule has 2 aliphatic carbocycles. The van der Waals surface area contributed by atoms with Gasteiger partial charge in [-0.05, 0) is 65.6 Å². The third kappa shape index (κ3) is 5.48. The Morgan fingerprint density at radius 1 is 1.23 bits per heavy atom. The van der Waals surface area contributed by atoms with E-state index in [0.717, 1.165) is 66.0 Å². The number of nitrogens with zero attached hydrogens (tertiary/aromatic N) is 5. The van der Waals surface area contributed by atoms with E-state index < -0.39 is 12.1 Å². The molecule has 1 saturated carbocycles. The first-order chi connectivity index (χ1) is 19.5. The monoisotopic (exact) mass is 560 g/mol. The largest absolute Gasteiger partial charge is 0.449 e. The van der Waals surface area contributed by atoms with Gasteiger partial charge in [-0.25, -0.2) is 9.78 Å². The van der Waals surface area contributed by atoms with E-state index >= 15 is 0 Å². The number of carbonyl (C=O) groups excluding carboxylic acids is 2. The molecule has 3 aliphatic rings. The molecule has 6 rings (SSSR count). The standard InChI is InChI=1S/C30H33ClN6O3/c1-35-18-32-16-26(35)28(34-30(39)40-17-20-4-5-20)23-8-6-21-3-2-10-33-27(21)29(24-9-7-22(31)15-25(23)24)37-13-11-36(19-38)12-14-37/h2-3,7-10,15-16,18-20,28-29H,4-6,11-14,17H2,1H3,(H,34,39)/b23-8+. The van der Waals surface area contributed by atoms with E-state index in [1.807, 2.05) is 40.9 Å². The summed E-state index contributed by atoms with van der Waals surface area (Å²) in [6.07, 6.45) is 10.8. The number of rotatable bonds is 7. The molecule has 3 aromatic rings. The van der Waals surface area contributed by atoms with Crippen LogP contribution in [0.4, 0.5) is 4.79 Å². The Labute approximate surface area is 238 Å². The van der Waals surface area contributed by atoms with Crippen molar-refractivity contribution in [3.8, 4) is 0 Å². The Morgan fingerprint density at radius 2 is 2.05 bits per heavy atom. The zero-order chi connectivity index (χ0) is 27.6. The van der Waals surface area contributed by atoms with Crippen LogP contribution >= 0.6 is 11.6 Å². The van der Waals surface area contributed by atoms with Crippen LogP contribution in [0.2, 0.25) is 5.02 Å². The summed E-state index contributed by atoms with van der Waals surface area (Å²) in [5, 5.41) is 3.75. The van der Waals surface area contributed by atoms with Crippen LogP contribution in [0, 0.1) is 5.92 Å². The van der Waals surface area contributed by atoms with Crippen LogP contribution in [0.3, 0.4) is 0 Å². The maximum atomic E-state index is 13.1. The summed E-state index contributed by atoms with van der Waals surface area (Å²) < 4.78 is 7.52. The number of benzene rings is 1. The molecule has 1 N–H and O–H groups in total. The van der Waals surface area contributed by atoms with Crippen molar-refractivity contribution < 1.29 is 14.3 Å². The molecule has 2 atom stereocenters. The molecule has 208 valence electrons. The van der Waals surface area contributed by atoms with E-state index in [0.29, 0.717) is 37.1 Å². The fraction of sp³-hybridized carbons (Fsp3) is 0.400. The fourth-order valence-electron chi connectivity index (χ4n) is 5.70. The summed E-state index contributed by atoms with van der Waals surface area (Å²) in [7, 11) is 1.92. The van der Waals surface area contributed by atoms with Crippen LogP contribution in [0.5, 0.6) is 0 Å². The summed E-state index contributed by atoms with van der Waals surface area (Å²) in [5.74, 6) is 0.463. The maximum Gasteiger partial charge on any atom is 0.407 e. The van der Waals surface area contributed by atoms with Gasteiger partial charge in [0.05, 0.1) is 42.6 Å². The molecule has 3 heterocycles. The maximum absolute atomic E-state index is 13.1. The SMILES string of the molecule is Cn1cncc1C(NC(=O)OCC1CC1)/C1=C/Cc2cccnc2C(N2CCN(C=O)CC2)c2ccc(Cl)cc21. The molecule has 2 fully saturated rings. The summed E-state index contributed by atoms with van der Waals surface area (Å²) >= 11 is 6.63. The van der Waals surface area contributed by atoms with Crippen LogP contribution in [0.1, 0.15) is 53.0 Å². The molecule has 9 nitrogen and oxygen atoms in total. The van der Waals surface area contributed by atoms with Crippen LogP contribution in [0.25, 0.3) is 5.57 Å². The molecular weight excluding hydrogens is 528 g/mol. The Balaban J connectivity index is 1.46. The number of nitrogens with one attached hydrogen (secondary N) is 1. The third-order valence-corrected chi connectivity index (χ3v) is 8.32. The zero-order valence-electron chi connectivity index (χ0n) is 22.5. The van der Waals surface area contributed by atoms with Crippen LogP contribution in [0.15, 0.2) is 55.1 Å². The zero-order valence-corrected chi connectivity index (χ0v) is 23.3. The number of pyridine rings is 1. The molecule has 40 heavy (non-hydrogen) atoms. The van der Waals surface area contributed by atoms with Gasteiger partial charge in [-0.3, -0.25) is 14.7 Å². The van der Waals surface area contributed by atoms with Crippen molar-refractivity contribution in [1.82, 2.24) is 29.7 Å². The number of amides is 2. The van der Waals surface area contributed by atoms with Gasteiger partial charge < -0.3 is 19.5 Å². The van der Waals surface area contributed by atoms with Gasteiger partial charge in [0, 0.05) is 44.4 Å². The molecular formula is C30H33ClN6O3. The van der Waals surface area contributed by atoms with Gasteiger partial charge in [-0.15, -0.1) is 0 Å². The lowest BCUT2D eigenvalue weighted by Gasteiger charge is -2.40. The second kappa shape index (κ2) is 11.4. The minimum Gasteiger partial charge on any atom is -0.449 e. The van der Waals surface area contributed by atoms with Crippen molar-refractivity contribution in [2.24, 2.45) is 13.0 Å². The highest BCUT2D eigenvalue weighted by atomic mass is 35.5. The molecule has 0 spiro atoms. The first-order valence-corrected chi connectivity index (χ1v) is 14.2. The topological polar surface area (TPSA) is 92.6 Å². The van der Waals surface area contributed by atoms with E-state index in [2.05, 4.69) is 33.4 Å². The minimum absolute atomic E-state index is 0.144. The fourth-order valence-corrected chi connectivity index (χ4v) is 5.87. The number of carbonyl (C=O) groups is 2. The van der Waals surface area contributed by atoms with Crippen molar-refractivity contribution in [3.05, 3.63) is 88.2 Å². The number of halogens is 1. The Bertz CT molecular complexity index is 1430. The lowest BCUT2D eigenvalue weighted by Crippen LogP contribution is -2.47. The molecule has 1 aromatic carbocycles. The number of imidazole rings is 1. The normalized spacial score (nSPS) is 21.2. The van der Waals surface area contributed by atoms with Gasteiger partial charge >= 0.3 is 6.09 Å². The first-order valence-electron chi connectivity index (χ1n) is 13.8. The lowest BCUT2D eigenvalue weighted by molar-refractivity contribution is -0.119. The van der Waals surface area contributed by atoms with Gasteiger partial charge in [0.15, 0.2) is 0 Å². The van der Waals surface area contributed by atoms with Crippen molar-refractivity contribution in [1.29, 1.82) is 0 Å². The second-order valence-electron chi connectivity index (χ2n) is 10.8. The van der Waals surface area contributed by atoms with E-state index in [4.69, 9.17) is 21.3 Å². The number of alkyl carbamates (subject to hydrolysis) is 1. The Kier molecular flexibility index (Phi) is 7.58. The molecule has 2 unspecified atom stereocenters. The predicted octanol–water partition coefficient (Wildman–Crippen LogP) is 4.15. The number of piperazine rings is 1. The molecule has 0 radical (unpaired) electrons. The van der Waals surface area contributed by atoms with Crippen molar-refractivity contribution >= 4 is 29.7 Å². The van der Waals surface area contributed by atoms with Gasteiger partial charge in [0.1, 0.15) is 0 Å². The smallest absolute Gasteiger partial charge is 0.407 e. The van der Waals surface area contributed by atoms with E-state index in [-0.39, 0.29) is 6.04 Å². The summed E-state index contributed by atoms with van der Waals surface area (Å²) in [6, 6.07) is 9.38. The van der Waals surface area contributed by atoms with Crippen molar-refractivity contribution in [2.45, 2.75) is 31.3 Å². The van der Waals surface area contributed by atoms with Gasteiger partial charge in [0.25, 0.3) is 0 Å². The molecule has 2 amide bonds. The van der Waals surface area contributed by atoms with E-state index in [9.17, 15) is 9.59 Å². The average Bonchev–Trinajstić information content (AvgIpc) is 3.70. The highest BCUT2D eigenvalue weighted by Crippen LogP contribution is 2.42. The second-order valence-corrected chi connectivity index (χ2v) is 11.2. The number of ether oxygens (including phenoxy) is 1. The molecule has 1 saturated heterocycles. The lowest BCUT2D eigenvalue weighted by atomic mass is 9.83. The predicted molar refractivity (Wildman–Crippen MR) is 152 cm³/mol.